The Hall–Kier alpha value is -2.90. The maximum Gasteiger partial charge on any atom is 0.322 e. The summed E-state index contributed by atoms with van der Waals surface area (Å²) < 4.78 is 0. The third-order valence-corrected chi connectivity index (χ3v) is 3.79. The Bertz CT molecular complexity index is 681. The summed E-state index contributed by atoms with van der Waals surface area (Å²) in [6, 6.07) is 4.16. The first-order valence-electron chi connectivity index (χ1n) is 7.49. The van der Waals surface area contributed by atoms with Crippen LogP contribution in [-0.2, 0) is 14.4 Å². The standard InChI is InChI=1S/C16H20N4O4/c1-9-5-4-6-10(2)14(9)18-12(21)8-20(3)13(22)7-11-15(23)19-16(24)17-11/h4-6,11H,7-8H2,1-3H3,(H,18,21)(H2,17,19,23,24)/t11-/m1/s1. The highest BCUT2D eigenvalue weighted by molar-refractivity contribution is 6.06. The van der Waals surface area contributed by atoms with Gasteiger partial charge in [0.2, 0.25) is 11.8 Å². The van der Waals surface area contributed by atoms with Gasteiger partial charge in [0.1, 0.15) is 6.04 Å². The van der Waals surface area contributed by atoms with Crippen molar-refractivity contribution in [2.24, 2.45) is 0 Å². The van der Waals surface area contributed by atoms with E-state index in [0.29, 0.717) is 0 Å². The summed E-state index contributed by atoms with van der Waals surface area (Å²) in [5.74, 6) is -1.28. The second-order valence-electron chi connectivity index (χ2n) is 5.78. The van der Waals surface area contributed by atoms with Crippen LogP contribution >= 0.6 is 0 Å². The van der Waals surface area contributed by atoms with Gasteiger partial charge in [-0.1, -0.05) is 18.2 Å². The van der Waals surface area contributed by atoms with Gasteiger partial charge in [-0.05, 0) is 25.0 Å². The number of imide groups is 1. The molecule has 3 N–H and O–H groups in total. The number of urea groups is 1. The van der Waals surface area contributed by atoms with Gasteiger partial charge in [0.25, 0.3) is 5.91 Å². The summed E-state index contributed by atoms with van der Waals surface area (Å²) in [7, 11) is 1.47. The minimum Gasteiger partial charge on any atom is -0.336 e. The van der Waals surface area contributed by atoms with Crippen molar-refractivity contribution in [3.63, 3.8) is 0 Å². The first-order valence-corrected chi connectivity index (χ1v) is 7.49. The lowest BCUT2D eigenvalue weighted by Crippen LogP contribution is -2.40. The average molecular weight is 332 g/mol. The Morgan fingerprint density at radius 2 is 1.83 bits per heavy atom. The first kappa shape index (κ1) is 17.5. The molecule has 5 amide bonds. The molecule has 128 valence electrons. The predicted octanol–water partition coefficient (Wildman–Crippen LogP) is 0.298. The van der Waals surface area contributed by atoms with Gasteiger partial charge < -0.3 is 15.5 Å². The molecule has 1 heterocycles. The zero-order chi connectivity index (χ0) is 17.9. The van der Waals surface area contributed by atoms with Gasteiger partial charge in [0.15, 0.2) is 0 Å². The molecule has 1 aliphatic rings. The lowest BCUT2D eigenvalue weighted by molar-refractivity contribution is -0.135. The number of para-hydroxylation sites is 1. The number of nitrogens with one attached hydrogen (secondary N) is 3. The molecule has 2 rings (SSSR count). The Labute approximate surface area is 139 Å². The zero-order valence-electron chi connectivity index (χ0n) is 13.8. The van der Waals surface area contributed by atoms with Crippen LogP contribution in [0.2, 0.25) is 0 Å². The summed E-state index contributed by atoms with van der Waals surface area (Å²) in [6.07, 6.45) is -0.190. The minimum absolute atomic E-state index is 0.144. The van der Waals surface area contributed by atoms with Crippen molar-refractivity contribution in [1.82, 2.24) is 15.5 Å². The number of anilines is 1. The first-order chi connectivity index (χ1) is 11.3. The topological polar surface area (TPSA) is 108 Å². The second-order valence-corrected chi connectivity index (χ2v) is 5.78. The van der Waals surface area contributed by atoms with E-state index in [4.69, 9.17) is 0 Å². The maximum atomic E-state index is 12.1. The molecular formula is C16H20N4O4. The van der Waals surface area contributed by atoms with Gasteiger partial charge in [-0.25, -0.2) is 4.79 Å². The number of aryl methyl sites for hydroxylation is 2. The smallest absolute Gasteiger partial charge is 0.322 e. The van der Waals surface area contributed by atoms with Crippen molar-refractivity contribution in [1.29, 1.82) is 0 Å². The Kier molecular flexibility index (Phi) is 5.18. The van der Waals surface area contributed by atoms with Gasteiger partial charge in [-0.15, -0.1) is 0 Å². The molecule has 1 aromatic rings. The number of nitrogens with zero attached hydrogens (tertiary/aromatic N) is 1. The summed E-state index contributed by atoms with van der Waals surface area (Å²) >= 11 is 0. The van der Waals surface area contributed by atoms with Crippen LogP contribution in [0.1, 0.15) is 17.5 Å². The van der Waals surface area contributed by atoms with Crippen LogP contribution < -0.4 is 16.0 Å². The monoisotopic (exact) mass is 332 g/mol. The van der Waals surface area contributed by atoms with Gasteiger partial charge >= 0.3 is 6.03 Å². The van der Waals surface area contributed by atoms with E-state index in [2.05, 4.69) is 16.0 Å². The van der Waals surface area contributed by atoms with Crippen LogP contribution in [0.4, 0.5) is 10.5 Å². The largest absolute Gasteiger partial charge is 0.336 e. The van der Waals surface area contributed by atoms with E-state index < -0.39 is 23.9 Å². The average Bonchev–Trinajstić information content (AvgIpc) is 2.80. The van der Waals surface area contributed by atoms with Gasteiger partial charge in [0.05, 0.1) is 13.0 Å². The fraction of sp³-hybridized carbons (Fsp3) is 0.375. The van der Waals surface area contributed by atoms with E-state index in [-0.39, 0.29) is 18.9 Å². The predicted molar refractivity (Wildman–Crippen MR) is 87.3 cm³/mol. The summed E-state index contributed by atoms with van der Waals surface area (Å²) in [6.45, 7) is 3.63. The van der Waals surface area contributed by atoms with Gasteiger partial charge in [0, 0.05) is 12.7 Å². The number of carbonyl (C=O) groups is 4. The van der Waals surface area contributed by atoms with Crippen LogP contribution in [-0.4, -0.2) is 48.3 Å². The van der Waals surface area contributed by atoms with E-state index >= 15 is 0 Å². The molecule has 24 heavy (non-hydrogen) atoms. The number of carbonyl (C=O) groups excluding carboxylic acids is 4. The van der Waals surface area contributed by atoms with E-state index in [0.717, 1.165) is 16.8 Å². The molecule has 0 aromatic heterocycles. The number of rotatable bonds is 5. The van der Waals surface area contributed by atoms with Crippen LogP contribution in [0.3, 0.4) is 0 Å². The van der Waals surface area contributed by atoms with Crippen LogP contribution in [0.25, 0.3) is 0 Å². The van der Waals surface area contributed by atoms with Crippen LogP contribution in [0.5, 0.6) is 0 Å². The van der Waals surface area contributed by atoms with Gasteiger partial charge in [-0.3, -0.25) is 19.7 Å². The molecule has 0 radical (unpaired) electrons. The van der Waals surface area contributed by atoms with Crippen molar-refractivity contribution in [2.45, 2.75) is 26.3 Å². The van der Waals surface area contributed by atoms with Crippen LogP contribution in [0, 0.1) is 13.8 Å². The molecule has 8 heteroatoms. The highest BCUT2D eigenvalue weighted by Gasteiger charge is 2.32. The second kappa shape index (κ2) is 7.12. The van der Waals surface area contributed by atoms with Crippen molar-refractivity contribution in [3.8, 4) is 0 Å². The molecule has 0 aliphatic carbocycles. The number of hydrogen-bond donors (Lipinski definition) is 3. The number of hydrogen-bond acceptors (Lipinski definition) is 4. The lowest BCUT2D eigenvalue weighted by Gasteiger charge is -2.19. The third-order valence-electron chi connectivity index (χ3n) is 3.79. The zero-order valence-corrected chi connectivity index (χ0v) is 13.8. The van der Waals surface area contributed by atoms with Crippen LogP contribution in [0.15, 0.2) is 18.2 Å². The van der Waals surface area contributed by atoms with E-state index in [1.807, 2.05) is 32.0 Å². The molecule has 1 atom stereocenters. The molecule has 0 bridgehead atoms. The number of likely N-dealkylation sites (N-methyl/N-ethyl adjacent to an activating group) is 1. The van der Waals surface area contributed by atoms with E-state index in [9.17, 15) is 19.2 Å². The molecule has 8 nitrogen and oxygen atoms in total. The van der Waals surface area contributed by atoms with Crippen molar-refractivity contribution in [3.05, 3.63) is 29.3 Å². The summed E-state index contributed by atoms with van der Waals surface area (Å²) in [5, 5.41) is 7.20. The Balaban J connectivity index is 1.90. The lowest BCUT2D eigenvalue weighted by atomic mass is 10.1. The highest BCUT2D eigenvalue weighted by atomic mass is 16.2. The molecule has 0 saturated carbocycles. The molecule has 0 spiro atoms. The Morgan fingerprint density at radius 1 is 1.21 bits per heavy atom. The maximum absolute atomic E-state index is 12.1. The fourth-order valence-electron chi connectivity index (χ4n) is 2.43. The molecule has 1 saturated heterocycles. The molecular weight excluding hydrogens is 312 g/mol. The Morgan fingerprint density at radius 3 is 2.38 bits per heavy atom. The SMILES string of the molecule is Cc1cccc(C)c1NC(=O)CN(C)C(=O)C[C@H]1NC(=O)NC1=O. The highest BCUT2D eigenvalue weighted by Crippen LogP contribution is 2.19. The van der Waals surface area contributed by atoms with Crippen molar-refractivity contribution in [2.75, 3.05) is 18.9 Å². The van der Waals surface area contributed by atoms with Gasteiger partial charge in [-0.2, -0.15) is 0 Å². The molecule has 1 aliphatic heterocycles. The fourth-order valence-corrected chi connectivity index (χ4v) is 2.43. The number of benzene rings is 1. The number of amides is 5. The molecule has 0 unspecified atom stereocenters. The normalized spacial score (nSPS) is 16.4. The van der Waals surface area contributed by atoms with Crippen molar-refractivity contribution < 1.29 is 19.2 Å². The van der Waals surface area contributed by atoms with Crippen molar-refractivity contribution >= 4 is 29.4 Å². The van der Waals surface area contributed by atoms with E-state index in [1.54, 1.807) is 0 Å². The molecule has 1 fully saturated rings. The van der Waals surface area contributed by atoms with E-state index in [1.165, 1.54) is 11.9 Å². The minimum atomic E-state index is -0.894. The summed E-state index contributed by atoms with van der Waals surface area (Å²) in [4.78, 5) is 47.9. The summed E-state index contributed by atoms with van der Waals surface area (Å²) in [5.41, 5.74) is 2.59. The quantitative estimate of drug-likeness (QED) is 0.674. The third kappa shape index (κ3) is 4.09. The molecule has 1 aromatic carbocycles.